The highest BCUT2D eigenvalue weighted by molar-refractivity contribution is 5.90. The van der Waals surface area contributed by atoms with E-state index in [-0.39, 0.29) is 5.91 Å². The molecule has 1 saturated heterocycles. The van der Waals surface area contributed by atoms with Crippen LogP contribution in [0.2, 0.25) is 0 Å². The Balaban J connectivity index is 1.77. The molecule has 1 aromatic heterocycles. The molecule has 1 fully saturated rings. The highest BCUT2D eigenvalue weighted by atomic mass is 16.2. The number of nitrogens with zero attached hydrogens (tertiary/aromatic N) is 3. The summed E-state index contributed by atoms with van der Waals surface area (Å²) in [6.07, 6.45) is 4.70. The van der Waals surface area contributed by atoms with Crippen LogP contribution in [-0.2, 0) is 0 Å². The number of carbonyl (C=O) groups is 1. The zero-order chi connectivity index (χ0) is 13.8. The Morgan fingerprint density at radius 3 is 2.85 bits per heavy atom. The zero-order valence-corrected chi connectivity index (χ0v) is 11.3. The molecule has 0 bridgehead atoms. The third kappa shape index (κ3) is 2.71. The van der Waals surface area contributed by atoms with Crippen molar-refractivity contribution >= 4 is 5.91 Å². The quantitative estimate of drug-likeness (QED) is 0.910. The minimum absolute atomic E-state index is 0.0506. The summed E-state index contributed by atoms with van der Waals surface area (Å²) in [5.41, 5.74) is 1.31. The van der Waals surface area contributed by atoms with E-state index in [0.29, 0.717) is 11.7 Å². The van der Waals surface area contributed by atoms with E-state index < -0.39 is 0 Å². The van der Waals surface area contributed by atoms with Gasteiger partial charge < -0.3 is 4.90 Å². The molecule has 0 spiro atoms. The summed E-state index contributed by atoms with van der Waals surface area (Å²) in [7, 11) is 0. The fourth-order valence-corrected chi connectivity index (χ4v) is 2.78. The largest absolute Gasteiger partial charge is 0.335 e. The van der Waals surface area contributed by atoms with Gasteiger partial charge in [-0.05, 0) is 18.4 Å². The van der Waals surface area contributed by atoms with Crippen LogP contribution in [0.15, 0.2) is 36.7 Å². The van der Waals surface area contributed by atoms with Gasteiger partial charge in [0, 0.05) is 19.0 Å². The SMILES string of the molecule is O=C(c1ncn[nH]1)N1CCCC[C@@H](c2ccccc2)C1. The standard InChI is InChI=1S/C15H18N4O/c20-15(14-16-11-17-18-14)19-9-5-4-8-13(10-19)12-6-2-1-3-7-12/h1-3,6-7,11,13H,4-5,8-10H2,(H,16,17,18)/t13-/m1/s1. The summed E-state index contributed by atoms with van der Waals surface area (Å²) in [6, 6.07) is 10.4. The third-order valence-electron chi connectivity index (χ3n) is 3.85. The van der Waals surface area contributed by atoms with E-state index >= 15 is 0 Å². The number of H-pyrrole nitrogens is 1. The van der Waals surface area contributed by atoms with Gasteiger partial charge in [0.15, 0.2) is 0 Å². The van der Waals surface area contributed by atoms with Crippen LogP contribution in [-0.4, -0.2) is 39.1 Å². The first-order chi connectivity index (χ1) is 9.84. The van der Waals surface area contributed by atoms with Crippen molar-refractivity contribution in [1.29, 1.82) is 0 Å². The summed E-state index contributed by atoms with van der Waals surface area (Å²) in [5, 5.41) is 6.41. The van der Waals surface area contributed by atoms with E-state index in [2.05, 4.69) is 39.4 Å². The van der Waals surface area contributed by atoms with Gasteiger partial charge in [-0.1, -0.05) is 36.8 Å². The molecular formula is C15H18N4O. The molecule has 1 aliphatic rings. The molecule has 0 saturated carbocycles. The molecule has 2 heterocycles. The molecule has 1 atom stereocenters. The summed E-state index contributed by atoms with van der Waals surface area (Å²) in [5.74, 6) is 0.689. The number of carbonyl (C=O) groups excluding carboxylic acids is 1. The van der Waals surface area contributed by atoms with Crippen molar-refractivity contribution in [3.63, 3.8) is 0 Å². The van der Waals surface area contributed by atoms with Crippen LogP contribution >= 0.6 is 0 Å². The van der Waals surface area contributed by atoms with Crippen LogP contribution in [0.5, 0.6) is 0 Å². The molecule has 0 unspecified atom stereocenters. The van der Waals surface area contributed by atoms with E-state index in [1.54, 1.807) is 0 Å². The number of benzene rings is 1. The molecule has 1 N–H and O–H groups in total. The molecule has 2 aromatic rings. The maximum Gasteiger partial charge on any atom is 0.291 e. The smallest absolute Gasteiger partial charge is 0.291 e. The van der Waals surface area contributed by atoms with Gasteiger partial charge >= 0.3 is 0 Å². The summed E-state index contributed by atoms with van der Waals surface area (Å²) in [6.45, 7) is 1.55. The van der Waals surface area contributed by atoms with Gasteiger partial charge in [0.05, 0.1) is 0 Å². The second kappa shape index (κ2) is 5.86. The van der Waals surface area contributed by atoms with Crippen molar-refractivity contribution in [2.75, 3.05) is 13.1 Å². The molecule has 5 nitrogen and oxygen atoms in total. The van der Waals surface area contributed by atoms with Crippen molar-refractivity contribution in [3.05, 3.63) is 48.0 Å². The highest BCUT2D eigenvalue weighted by Crippen LogP contribution is 2.26. The number of aromatic amines is 1. The molecular weight excluding hydrogens is 252 g/mol. The lowest BCUT2D eigenvalue weighted by atomic mass is 9.94. The Kier molecular flexibility index (Phi) is 3.76. The van der Waals surface area contributed by atoms with E-state index in [4.69, 9.17) is 0 Å². The molecule has 0 aliphatic carbocycles. The monoisotopic (exact) mass is 270 g/mol. The first-order valence-electron chi connectivity index (χ1n) is 7.04. The zero-order valence-electron chi connectivity index (χ0n) is 11.3. The maximum atomic E-state index is 12.4. The Hall–Kier alpha value is -2.17. The van der Waals surface area contributed by atoms with Gasteiger partial charge in [-0.2, -0.15) is 5.10 Å². The van der Waals surface area contributed by atoms with Gasteiger partial charge in [-0.25, -0.2) is 4.98 Å². The second-order valence-electron chi connectivity index (χ2n) is 5.19. The molecule has 20 heavy (non-hydrogen) atoms. The first-order valence-corrected chi connectivity index (χ1v) is 7.04. The van der Waals surface area contributed by atoms with Crippen LogP contribution in [0.4, 0.5) is 0 Å². The molecule has 104 valence electrons. The van der Waals surface area contributed by atoms with E-state index in [1.165, 1.54) is 11.9 Å². The molecule has 1 aliphatic heterocycles. The van der Waals surface area contributed by atoms with Crippen molar-refractivity contribution < 1.29 is 4.79 Å². The lowest BCUT2D eigenvalue weighted by Gasteiger charge is -2.23. The summed E-state index contributed by atoms with van der Waals surface area (Å²) >= 11 is 0. The molecule has 1 amide bonds. The molecule has 3 rings (SSSR count). The van der Waals surface area contributed by atoms with Gasteiger partial charge in [-0.15, -0.1) is 0 Å². The average Bonchev–Trinajstić information content (AvgIpc) is 2.92. The summed E-state index contributed by atoms with van der Waals surface area (Å²) in [4.78, 5) is 18.2. The number of rotatable bonds is 2. The first kappa shape index (κ1) is 12.8. The average molecular weight is 270 g/mol. The topological polar surface area (TPSA) is 61.9 Å². The van der Waals surface area contributed by atoms with Crippen LogP contribution in [0.1, 0.15) is 41.4 Å². The number of likely N-dealkylation sites (tertiary alicyclic amines) is 1. The minimum atomic E-state index is -0.0506. The van der Waals surface area contributed by atoms with Crippen LogP contribution < -0.4 is 0 Å². The number of nitrogens with one attached hydrogen (secondary N) is 1. The fraction of sp³-hybridized carbons (Fsp3) is 0.400. The number of amides is 1. The van der Waals surface area contributed by atoms with E-state index in [0.717, 1.165) is 32.4 Å². The predicted octanol–water partition coefficient (Wildman–Crippen LogP) is 2.21. The molecule has 0 radical (unpaired) electrons. The van der Waals surface area contributed by atoms with E-state index in [1.807, 2.05) is 11.0 Å². The lowest BCUT2D eigenvalue weighted by Crippen LogP contribution is -2.34. The highest BCUT2D eigenvalue weighted by Gasteiger charge is 2.25. The fourth-order valence-electron chi connectivity index (χ4n) is 2.78. The third-order valence-corrected chi connectivity index (χ3v) is 3.85. The van der Waals surface area contributed by atoms with Crippen molar-refractivity contribution in [2.45, 2.75) is 25.2 Å². The lowest BCUT2D eigenvalue weighted by molar-refractivity contribution is 0.0742. The number of hydrogen-bond donors (Lipinski definition) is 1. The van der Waals surface area contributed by atoms with Crippen LogP contribution in [0.3, 0.4) is 0 Å². The van der Waals surface area contributed by atoms with Gasteiger partial charge in [0.2, 0.25) is 5.82 Å². The van der Waals surface area contributed by atoms with Gasteiger partial charge in [-0.3, -0.25) is 9.89 Å². The maximum absolute atomic E-state index is 12.4. The predicted molar refractivity (Wildman–Crippen MR) is 75.3 cm³/mol. The Bertz CT molecular complexity index is 553. The van der Waals surface area contributed by atoms with E-state index in [9.17, 15) is 4.79 Å². The minimum Gasteiger partial charge on any atom is -0.335 e. The summed E-state index contributed by atoms with van der Waals surface area (Å²) < 4.78 is 0. The van der Waals surface area contributed by atoms with Crippen molar-refractivity contribution in [3.8, 4) is 0 Å². The van der Waals surface area contributed by atoms with Crippen LogP contribution in [0.25, 0.3) is 0 Å². The number of hydrogen-bond acceptors (Lipinski definition) is 3. The number of aromatic nitrogens is 3. The van der Waals surface area contributed by atoms with Crippen molar-refractivity contribution in [2.24, 2.45) is 0 Å². The molecule has 5 heteroatoms. The Labute approximate surface area is 118 Å². The van der Waals surface area contributed by atoms with Crippen molar-refractivity contribution in [1.82, 2.24) is 20.1 Å². The van der Waals surface area contributed by atoms with Crippen LogP contribution in [0, 0.1) is 0 Å². The Morgan fingerprint density at radius 1 is 1.25 bits per heavy atom. The normalized spacial score (nSPS) is 19.6. The molecule has 1 aromatic carbocycles. The Morgan fingerprint density at radius 2 is 2.10 bits per heavy atom. The van der Waals surface area contributed by atoms with Gasteiger partial charge in [0.25, 0.3) is 5.91 Å². The van der Waals surface area contributed by atoms with Gasteiger partial charge in [0.1, 0.15) is 6.33 Å². The second-order valence-corrected chi connectivity index (χ2v) is 5.19.